The van der Waals surface area contributed by atoms with Gasteiger partial charge in [0.2, 0.25) is 5.91 Å². The van der Waals surface area contributed by atoms with Gasteiger partial charge in [0, 0.05) is 28.9 Å². The van der Waals surface area contributed by atoms with E-state index in [0.29, 0.717) is 47.3 Å². The van der Waals surface area contributed by atoms with Crippen LogP contribution in [0.3, 0.4) is 0 Å². The number of ether oxygens (including phenoxy) is 1. The van der Waals surface area contributed by atoms with Crippen molar-refractivity contribution in [3.63, 3.8) is 0 Å². The van der Waals surface area contributed by atoms with Gasteiger partial charge in [0.1, 0.15) is 17.4 Å². The fourth-order valence-electron chi connectivity index (χ4n) is 2.66. The molecule has 1 aromatic carbocycles. The molecule has 1 amide bonds. The molecule has 140 valence electrons. The van der Waals surface area contributed by atoms with Crippen LogP contribution in [-0.2, 0) is 17.9 Å². The van der Waals surface area contributed by atoms with Gasteiger partial charge in [-0.25, -0.2) is 4.98 Å². The average Bonchev–Trinajstić information content (AvgIpc) is 3.32. The minimum absolute atomic E-state index is 0.221. The van der Waals surface area contributed by atoms with E-state index >= 15 is 0 Å². The molecule has 1 fully saturated rings. The third-order valence-electron chi connectivity index (χ3n) is 4.07. The highest BCUT2D eigenvalue weighted by atomic mass is 35.5. The average molecular weight is 413 g/mol. The van der Waals surface area contributed by atoms with E-state index in [1.807, 2.05) is 10.3 Å². The van der Waals surface area contributed by atoms with E-state index in [2.05, 4.69) is 18.8 Å². The molecule has 0 unspecified atom stereocenters. The molecule has 0 spiro atoms. The first-order valence-corrected chi connectivity index (χ1v) is 10.4. The standard InChI is InChI=1S/C19H22Cl2N2O2S/c1-12(2)7-19(24)23(15-4-5-15)9-14-11-26-18(22-14)10-25-17-8-13(20)3-6-16(17)21/h3,6,8,11-12,15H,4-5,7,9-10H2,1-2H3. The zero-order valence-corrected chi connectivity index (χ0v) is 17.2. The first kappa shape index (κ1) is 19.5. The molecule has 1 aliphatic carbocycles. The van der Waals surface area contributed by atoms with Crippen molar-refractivity contribution in [2.75, 3.05) is 0 Å². The fraction of sp³-hybridized carbons (Fsp3) is 0.474. The monoisotopic (exact) mass is 412 g/mol. The minimum atomic E-state index is 0.221. The SMILES string of the molecule is CC(C)CC(=O)N(Cc1csc(COc2cc(Cl)ccc2Cl)n1)C1CC1. The van der Waals surface area contributed by atoms with E-state index in [-0.39, 0.29) is 5.91 Å². The summed E-state index contributed by atoms with van der Waals surface area (Å²) in [6, 6.07) is 5.50. The molecule has 2 aromatic rings. The number of hydrogen-bond acceptors (Lipinski definition) is 4. The van der Waals surface area contributed by atoms with Crippen molar-refractivity contribution in [3.05, 3.63) is 44.3 Å². The third-order valence-corrected chi connectivity index (χ3v) is 5.49. The number of hydrogen-bond donors (Lipinski definition) is 0. The van der Waals surface area contributed by atoms with Crippen LogP contribution in [0, 0.1) is 5.92 Å². The molecule has 1 heterocycles. The largest absolute Gasteiger partial charge is 0.485 e. The van der Waals surface area contributed by atoms with Gasteiger partial charge in [-0.2, -0.15) is 0 Å². The lowest BCUT2D eigenvalue weighted by Gasteiger charge is -2.22. The molecule has 0 bridgehead atoms. The lowest BCUT2D eigenvalue weighted by Crippen LogP contribution is -2.33. The Balaban J connectivity index is 1.60. The second kappa shape index (κ2) is 8.59. The third kappa shape index (κ3) is 5.35. The number of benzene rings is 1. The predicted octanol–water partition coefficient (Wildman–Crippen LogP) is 5.57. The van der Waals surface area contributed by atoms with Crippen molar-refractivity contribution in [2.45, 2.75) is 52.3 Å². The van der Waals surface area contributed by atoms with E-state index in [1.54, 1.807) is 18.2 Å². The van der Waals surface area contributed by atoms with Crippen molar-refractivity contribution < 1.29 is 9.53 Å². The van der Waals surface area contributed by atoms with E-state index in [9.17, 15) is 4.79 Å². The highest BCUT2D eigenvalue weighted by molar-refractivity contribution is 7.09. The van der Waals surface area contributed by atoms with Gasteiger partial charge >= 0.3 is 0 Å². The number of carbonyl (C=O) groups is 1. The molecule has 7 heteroatoms. The Morgan fingerprint density at radius 3 is 2.85 bits per heavy atom. The van der Waals surface area contributed by atoms with Gasteiger partial charge in [0.15, 0.2) is 0 Å². The van der Waals surface area contributed by atoms with E-state index in [0.717, 1.165) is 23.5 Å². The Morgan fingerprint density at radius 2 is 2.15 bits per heavy atom. The lowest BCUT2D eigenvalue weighted by molar-refractivity contribution is -0.133. The predicted molar refractivity (Wildman–Crippen MR) is 106 cm³/mol. The summed E-state index contributed by atoms with van der Waals surface area (Å²) >= 11 is 13.6. The summed E-state index contributed by atoms with van der Waals surface area (Å²) in [5.74, 6) is 1.13. The Kier molecular flexibility index (Phi) is 6.43. The maximum Gasteiger partial charge on any atom is 0.223 e. The molecule has 0 radical (unpaired) electrons. The van der Waals surface area contributed by atoms with Gasteiger partial charge in [0.05, 0.1) is 17.3 Å². The zero-order chi connectivity index (χ0) is 18.7. The topological polar surface area (TPSA) is 42.4 Å². The summed E-state index contributed by atoms with van der Waals surface area (Å²) in [6.45, 7) is 5.04. The van der Waals surface area contributed by atoms with Crippen LogP contribution < -0.4 is 4.74 Å². The summed E-state index contributed by atoms with van der Waals surface area (Å²) in [7, 11) is 0. The molecular weight excluding hydrogens is 391 g/mol. The van der Waals surface area contributed by atoms with E-state index in [1.165, 1.54) is 11.3 Å². The van der Waals surface area contributed by atoms with Gasteiger partial charge in [-0.15, -0.1) is 11.3 Å². The highest BCUT2D eigenvalue weighted by Crippen LogP contribution is 2.31. The molecule has 0 N–H and O–H groups in total. The number of halogens is 2. The summed E-state index contributed by atoms with van der Waals surface area (Å²) in [4.78, 5) is 19.1. The van der Waals surface area contributed by atoms with E-state index in [4.69, 9.17) is 27.9 Å². The van der Waals surface area contributed by atoms with Crippen LogP contribution in [0.5, 0.6) is 5.75 Å². The second-order valence-corrected chi connectivity index (χ2v) is 8.73. The summed E-state index contributed by atoms with van der Waals surface area (Å²) in [5, 5.41) is 3.94. The quantitative estimate of drug-likeness (QED) is 0.569. The Bertz CT molecular complexity index is 775. The van der Waals surface area contributed by atoms with Crippen molar-refractivity contribution >= 4 is 40.4 Å². The van der Waals surface area contributed by atoms with Gasteiger partial charge in [-0.3, -0.25) is 4.79 Å². The van der Waals surface area contributed by atoms with Crippen molar-refractivity contribution in [3.8, 4) is 5.75 Å². The van der Waals surface area contributed by atoms with E-state index < -0.39 is 0 Å². The highest BCUT2D eigenvalue weighted by Gasteiger charge is 2.33. The number of rotatable bonds is 8. The molecule has 4 nitrogen and oxygen atoms in total. The minimum Gasteiger partial charge on any atom is -0.485 e. The fourth-order valence-corrected chi connectivity index (χ4v) is 3.69. The molecule has 0 atom stereocenters. The van der Waals surface area contributed by atoms with Crippen molar-refractivity contribution in [1.82, 2.24) is 9.88 Å². The van der Waals surface area contributed by atoms with Crippen molar-refractivity contribution in [1.29, 1.82) is 0 Å². The van der Waals surface area contributed by atoms with Crippen LogP contribution in [0.1, 0.15) is 43.8 Å². The molecule has 26 heavy (non-hydrogen) atoms. The molecule has 0 saturated heterocycles. The van der Waals surface area contributed by atoms with Crippen LogP contribution in [0.25, 0.3) is 0 Å². The molecule has 3 rings (SSSR count). The second-order valence-electron chi connectivity index (χ2n) is 6.95. The smallest absolute Gasteiger partial charge is 0.223 e. The molecule has 1 aromatic heterocycles. The maximum absolute atomic E-state index is 12.5. The van der Waals surface area contributed by atoms with Crippen LogP contribution in [0.15, 0.2) is 23.6 Å². The van der Waals surface area contributed by atoms with Crippen LogP contribution in [0.4, 0.5) is 0 Å². The summed E-state index contributed by atoms with van der Waals surface area (Å²) < 4.78 is 5.73. The van der Waals surface area contributed by atoms with Crippen LogP contribution >= 0.6 is 34.5 Å². The van der Waals surface area contributed by atoms with Crippen LogP contribution in [-0.4, -0.2) is 21.8 Å². The molecular formula is C19H22Cl2N2O2S. The van der Waals surface area contributed by atoms with Gasteiger partial charge in [-0.1, -0.05) is 37.0 Å². The summed E-state index contributed by atoms with van der Waals surface area (Å²) in [5.41, 5.74) is 0.912. The Morgan fingerprint density at radius 1 is 1.38 bits per heavy atom. The van der Waals surface area contributed by atoms with Gasteiger partial charge in [-0.05, 0) is 30.9 Å². The van der Waals surface area contributed by atoms with Gasteiger partial charge < -0.3 is 9.64 Å². The first-order valence-electron chi connectivity index (χ1n) is 8.73. The molecule has 1 aliphatic rings. The molecule has 1 saturated carbocycles. The Hall–Kier alpha value is -1.30. The van der Waals surface area contributed by atoms with Crippen LogP contribution in [0.2, 0.25) is 10.0 Å². The number of aromatic nitrogens is 1. The lowest BCUT2D eigenvalue weighted by atomic mass is 10.1. The first-order chi connectivity index (χ1) is 12.4. The number of thiazole rings is 1. The van der Waals surface area contributed by atoms with Gasteiger partial charge in [0.25, 0.3) is 0 Å². The zero-order valence-electron chi connectivity index (χ0n) is 14.9. The summed E-state index contributed by atoms with van der Waals surface area (Å²) in [6.07, 6.45) is 2.78. The number of nitrogens with zero attached hydrogens (tertiary/aromatic N) is 2. The normalized spacial score (nSPS) is 13.9. The van der Waals surface area contributed by atoms with Crippen molar-refractivity contribution in [2.24, 2.45) is 5.92 Å². The Labute approximate surface area is 168 Å². The maximum atomic E-state index is 12.5. The number of amides is 1. The number of carbonyl (C=O) groups excluding carboxylic acids is 1. The molecule has 0 aliphatic heterocycles.